The molecular weight excluding hydrogens is 391 g/mol. The number of nitrogens with zero attached hydrogens (tertiary/aromatic N) is 6. The van der Waals surface area contributed by atoms with Gasteiger partial charge in [0, 0.05) is 32.4 Å². The Bertz CT molecular complexity index is 1160. The number of carbonyl (C=O) groups excluding carboxylic acids is 1. The summed E-state index contributed by atoms with van der Waals surface area (Å²) in [7, 11) is 0. The van der Waals surface area contributed by atoms with Crippen molar-refractivity contribution in [2.45, 2.75) is 0 Å². The van der Waals surface area contributed by atoms with Crippen LogP contribution in [0.4, 0.5) is 10.2 Å². The van der Waals surface area contributed by atoms with Crippen LogP contribution in [0, 0.1) is 5.82 Å². The minimum Gasteiger partial charge on any atom is -0.352 e. The van der Waals surface area contributed by atoms with Crippen LogP contribution in [0.2, 0.25) is 0 Å². The van der Waals surface area contributed by atoms with Crippen LogP contribution in [0.5, 0.6) is 0 Å². The van der Waals surface area contributed by atoms with Crippen molar-refractivity contribution in [3.05, 3.63) is 65.8 Å². The monoisotopic (exact) mass is 408 g/mol. The molecule has 3 aromatic heterocycles. The number of thiophene rings is 1. The molecule has 0 bridgehead atoms. The summed E-state index contributed by atoms with van der Waals surface area (Å²) in [5.41, 5.74) is 1.09. The minimum absolute atomic E-state index is 0.103. The molecule has 29 heavy (non-hydrogen) atoms. The van der Waals surface area contributed by atoms with Crippen LogP contribution in [0.15, 0.2) is 54.3 Å². The van der Waals surface area contributed by atoms with E-state index in [2.05, 4.69) is 20.0 Å². The van der Waals surface area contributed by atoms with Crippen LogP contribution in [-0.4, -0.2) is 56.7 Å². The van der Waals surface area contributed by atoms with Gasteiger partial charge in [-0.05, 0) is 41.8 Å². The molecule has 0 spiro atoms. The Morgan fingerprint density at radius 2 is 1.79 bits per heavy atom. The topological polar surface area (TPSA) is 67.2 Å². The smallest absolute Gasteiger partial charge is 0.274 e. The Balaban J connectivity index is 1.28. The molecule has 7 nitrogen and oxygen atoms in total. The number of hydrogen-bond acceptors (Lipinski definition) is 6. The van der Waals surface area contributed by atoms with Gasteiger partial charge in [0.05, 0.1) is 11.1 Å². The predicted molar refractivity (Wildman–Crippen MR) is 109 cm³/mol. The maximum absolute atomic E-state index is 13.1. The van der Waals surface area contributed by atoms with Crippen molar-refractivity contribution < 1.29 is 9.18 Å². The van der Waals surface area contributed by atoms with Gasteiger partial charge in [-0.2, -0.15) is 5.10 Å². The first-order chi connectivity index (χ1) is 14.2. The summed E-state index contributed by atoms with van der Waals surface area (Å²) in [4.78, 5) is 26.6. The van der Waals surface area contributed by atoms with Crippen molar-refractivity contribution in [1.82, 2.24) is 24.6 Å². The quantitative estimate of drug-likeness (QED) is 0.521. The van der Waals surface area contributed by atoms with Crippen molar-refractivity contribution in [3.63, 3.8) is 0 Å². The van der Waals surface area contributed by atoms with Gasteiger partial charge < -0.3 is 9.80 Å². The van der Waals surface area contributed by atoms with Crippen LogP contribution in [0.1, 0.15) is 10.5 Å². The summed E-state index contributed by atoms with van der Waals surface area (Å²) in [6, 6.07) is 9.72. The largest absolute Gasteiger partial charge is 0.352 e. The lowest BCUT2D eigenvalue weighted by Gasteiger charge is -2.35. The van der Waals surface area contributed by atoms with Crippen molar-refractivity contribution in [3.8, 4) is 5.69 Å². The van der Waals surface area contributed by atoms with Gasteiger partial charge in [0.25, 0.3) is 5.91 Å². The van der Waals surface area contributed by atoms with Gasteiger partial charge >= 0.3 is 0 Å². The number of carbonyl (C=O) groups is 1. The highest BCUT2D eigenvalue weighted by Crippen LogP contribution is 2.27. The number of benzene rings is 1. The summed E-state index contributed by atoms with van der Waals surface area (Å²) in [6.07, 6.45) is 3.30. The molecule has 1 saturated heterocycles. The second-order valence-electron chi connectivity index (χ2n) is 6.74. The van der Waals surface area contributed by atoms with Gasteiger partial charge in [0.15, 0.2) is 5.69 Å². The number of halogens is 1. The summed E-state index contributed by atoms with van der Waals surface area (Å²) >= 11 is 1.60. The molecule has 0 N–H and O–H groups in total. The van der Waals surface area contributed by atoms with E-state index in [1.807, 2.05) is 11.4 Å². The van der Waals surface area contributed by atoms with E-state index in [-0.39, 0.29) is 11.7 Å². The van der Waals surface area contributed by atoms with E-state index in [4.69, 9.17) is 0 Å². The number of fused-ring (bicyclic) bond motifs is 1. The highest BCUT2D eigenvalue weighted by Gasteiger charge is 2.25. The number of aromatic nitrogens is 4. The van der Waals surface area contributed by atoms with Gasteiger partial charge in [0.1, 0.15) is 22.8 Å². The van der Waals surface area contributed by atoms with Crippen molar-refractivity contribution >= 4 is 33.3 Å². The summed E-state index contributed by atoms with van der Waals surface area (Å²) < 4.78 is 14.7. The number of rotatable bonds is 3. The molecule has 4 aromatic rings. The second-order valence-corrected chi connectivity index (χ2v) is 7.63. The molecule has 1 aromatic carbocycles. The molecule has 5 rings (SSSR count). The third kappa shape index (κ3) is 3.33. The van der Waals surface area contributed by atoms with E-state index < -0.39 is 0 Å². The average molecular weight is 408 g/mol. The lowest BCUT2D eigenvalue weighted by Crippen LogP contribution is -2.49. The fourth-order valence-electron chi connectivity index (χ4n) is 3.49. The maximum atomic E-state index is 13.1. The van der Waals surface area contributed by atoms with Gasteiger partial charge in [-0.15, -0.1) is 11.3 Å². The molecule has 4 heterocycles. The number of hydrogen-bond donors (Lipinski definition) is 0. The molecule has 0 saturated carbocycles. The molecule has 9 heteroatoms. The van der Waals surface area contributed by atoms with Crippen LogP contribution in [0.25, 0.3) is 15.9 Å². The molecular formula is C20H17FN6OS. The van der Waals surface area contributed by atoms with Gasteiger partial charge in [-0.25, -0.2) is 19.0 Å². The van der Waals surface area contributed by atoms with Crippen molar-refractivity contribution in [2.24, 2.45) is 0 Å². The van der Waals surface area contributed by atoms with E-state index in [1.54, 1.807) is 51.6 Å². The van der Waals surface area contributed by atoms with E-state index in [9.17, 15) is 9.18 Å². The Labute approximate surface area is 170 Å². The number of anilines is 1. The number of amides is 1. The Kier molecular flexibility index (Phi) is 4.44. The average Bonchev–Trinajstić information content (AvgIpc) is 3.43. The first-order valence-electron chi connectivity index (χ1n) is 9.23. The molecule has 1 aliphatic rings. The van der Waals surface area contributed by atoms with Crippen LogP contribution in [0.3, 0.4) is 0 Å². The highest BCUT2D eigenvalue weighted by atomic mass is 32.1. The first kappa shape index (κ1) is 17.7. The summed E-state index contributed by atoms with van der Waals surface area (Å²) in [6.45, 7) is 2.59. The Morgan fingerprint density at radius 1 is 1.00 bits per heavy atom. The predicted octanol–water partition coefficient (Wildman–Crippen LogP) is 2.98. The first-order valence-corrected chi connectivity index (χ1v) is 10.1. The Hall–Kier alpha value is -3.33. The zero-order valence-electron chi connectivity index (χ0n) is 15.4. The lowest BCUT2D eigenvalue weighted by molar-refractivity contribution is 0.0740. The van der Waals surface area contributed by atoms with Crippen LogP contribution >= 0.6 is 11.3 Å². The van der Waals surface area contributed by atoms with E-state index >= 15 is 0 Å². The molecule has 0 radical (unpaired) electrons. The zero-order chi connectivity index (χ0) is 19.8. The minimum atomic E-state index is -0.307. The van der Waals surface area contributed by atoms with Gasteiger partial charge in [-0.1, -0.05) is 0 Å². The second kappa shape index (κ2) is 7.25. The molecule has 146 valence electrons. The molecule has 1 amide bonds. The molecule has 0 aliphatic carbocycles. The van der Waals surface area contributed by atoms with Gasteiger partial charge in [-0.3, -0.25) is 4.79 Å². The van der Waals surface area contributed by atoms with Crippen molar-refractivity contribution in [2.75, 3.05) is 31.1 Å². The fourth-order valence-corrected chi connectivity index (χ4v) is 4.22. The fraction of sp³-hybridized carbons (Fsp3) is 0.200. The molecule has 1 aliphatic heterocycles. The SMILES string of the molecule is O=C(c1ccn(-c2ccc(F)cc2)n1)N1CCN(c2ncnc3sccc23)CC1. The van der Waals surface area contributed by atoms with E-state index in [0.717, 1.165) is 16.0 Å². The third-order valence-corrected chi connectivity index (χ3v) is 5.83. The van der Waals surface area contributed by atoms with Crippen LogP contribution < -0.4 is 4.90 Å². The van der Waals surface area contributed by atoms with E-state index in [0.29, 0.717) is 37.6 Å². The maximum Gasteiger partial charge on any atom is 0.274 e. The van der Waals surface area contributed by atoms with Crippen molar-refractivity contribution in [1.29, 1.82) is 0 Å². The normalized spacial score (nSPS) is 14.5. The standard InChI is InChI=1S/C20H17FN6OS/c21-14-1-3-15(4-2-14)27-7-5-17(24-27)20(28)26-10-8-25(9-11-26)18-16-6-12-29-19(16)23-13-22-18/h1-7,12-13H,8-11H2. The van der Waals surface area contributed by atoms with Gasteiger partial charge in [0.2, 0.25) is 0 Å². The Morgan fingerprint density at radius 3 is 2.59 bits per heavy atom. The third-order valence-electron chi connectivity index (χ3n) is 5.01. The highest BCUT2D eigenvalue weighted by molar-refractivity contribution is 7.16. The zero-order valence-corrected chi connectivity index (χ0v) is 16.2. The molecule has 0 atom stereocenters. The van der Waals surface area contributed by atoms with E-state index in [1.165, 1.54) is 12.1 Å². The number of piperazine rings is 1. The van der Waals surface area contributed by atoms with Crippen LogP contribution in [-0.2, 0) is 0 Å². The molecule has 0 unspecified atom stereocenters. The lowest BCUT2D eigenvalue weighted by atomic mass is 10.2. The summed E-state index contributed by atoms with van der Waals surface area (Å²) in [5.74, 6) is 0.510. The summed E-state index contributed by atoms with van der Waals surface area (Å²) in [5, 5.41) is 7.43. The molecule has 1 fully saturated rings.